The molecule has 2 N–H and O–H groups in total. The normalized spacial score (nSPS) is 17.9. The van der Waals surface area contributed by atoms with Crippen LogP contribution in [0.3, 0.4) is 0 Å². The van der Waals surface area contributed by atoms with Crippen molar-refractivity contribution >= 4 is 17.7 Å². The van der Waals surface area contributed by atoms with Crippen molar-refractivity contribution in [3.05, 3.63) is 101 Å². The fourth-order valence-electron chi connectivity index (χ4n) is 4.33. The van der Waals surface area contributed by atoms with E-state index in [2.05, 4.69) is 15.6 Å². The number of carbonyl (C=O) groups excluding carboxylic acids is 3. The van der Waals surface area contributed by atoms with E-state index in [9.17, 15) is 14.4 Å². The van der Waals surface area contributed by atoms with Gasteiger partial charge in [0.2, 0.25) is 11.8 Å². The maximum atomic E-state index is 13.1. The Morgan fingerprint density at radius 2 is 1.70 bits per heavy atom. The lowest BCUT2D eigenvalue weighted by Gasteiger charge is -2.24. The summed E-state index contributed by atoms with van der Waals surface area (Å²) in [7, 11) is 0. The van der Waals surface area contributed by atoms with Gasteiger partial charge < -0.3 is 15.5 Å². The molecule has 3 aromatic rings. The summed E-state index contributed by atoms with van der Waals surface area (Å²) < 4.78 is 0. The maximum Gasteiger partial charge on any atom is 0.255 e. The molecule has 2 heterocycles. The van der Waals surface area contributed by atoms with Gasteiger partial charge in [-0.1, -0.05) is 54.6 Å². The summed E-state index contributed by atoms with van der Waals surface area (Å²) >= 11 is 0. The van der Waals surface area contributed by atoms with E-state index in [1.165, 1.54) is 0 Å². The van der Waals surface area contributed by atoms with Gasteiger partial charge in [-0.3, -0.25) is 19.4 Å². The van der Waals surface area contributed by atoms with E-state index < -0.39 is 12.1 Å². The number of nitrogens with one attached hydrogen (secondary N) is 2. The smallest absolute Gasteiger partial charge is 0.255 e. The Morgan fingerprint density at radius 3 is 2.42 bits per heavy atom. The third-order valence-corrected chi connectivity index (χ3v) is 6.03. The highest BCUT2D eigenvalue weighted by molar-refractivity contribution is 6.05. The van der Waals surface area contributed by atoms with E-state index in [0.29, 0.717) is 16.8 Å². The van der Waals surface area contributed by atoms with E-state index in [4.69, 9.17) is 0 Å². The van der Waals surface area contributed by atoms with Crippen molar-refractivity contribution in [2.24, 2.45) is 0 Å². The summed E-state index contributed by atoms with van der Waals surface area (Å²) in [6.45, 7) is -0.194. The Bertz CT molecular complexity index is 1140. The first-order valence-corrected chi connectivity index (χ1v) is 11.1. The Balaban J connectivity index is 1.29. The Morgan fingerprint density at radius 1 is 0.970 bits per heavy atom. The van der Waals surface area contributed by atoms with Gasteiger partial charge in [-0.25, -0.2) is 0 Å². The summed E-state index contributed by atoms with van der Waals surface area (Å²) in [4.78, 5) is 44.9. The Labute approximate surface area is 191 Å². The van der Waals surface area contributed by atoms with Gasteiger partial charge >= 0.3 is 0 Å². The van der Waals surface area contributed by atoms with Crippen LogP contribution in [0.15, 0.2) is 79.0 Å². The van der Waals surface area contributed by atoms with E-state index in [-0.39, 0.29) is 30.3 Å². The van der Waals surface area contributed by atoms with Crippen LogP contribution < -0.4 is 10.6 Å². The van der Waals surface area contributed by atoms with Crippen LogP contribution in [-0.2, 0) is 9.59 Å². The second kappa shape index (κ2) is 8.86. The average Bonchev–Trinajstić information content (AvgIpc) is 3.66. The second-order valence-corrected chi connectivity index (χ2v) is 8.32. The van der Waals surface area contributed by atoms with Crippen molar-refractivity contribution in [1.82, 2.24) is 20.5 Å². The lowest BCUT2D eigenvalue weighted by molar-refractivity contribution is -0.129. The molecule has 1 aliphatic heterocycles. The predicted molar refractivity (Wildman–Crippen MR) is 122 cm³/mol. The van der Waals surface area contributed by atoms with Crippen LogP contribution in [0.2, 0.25) is 0 Å². The molecule has 2 atom stereocenters. The van der Waals surface area contributed by atoms with Crippen molar-refractivity contribution in [3.63, 3.8) is 0 Å². The molecule has 2 aliphatic rings. The first-order chi connectivity index (χ1) is 16.1. The Kier molecular flexibility index (Phi) is 5.60. The quantitative estimate of drug-likeness (QED) is 0.591. The summed E-state index contributed by atoms with van der Waals surface area (Å²) in [5.41, 5.74) is 2.86. The van der Waals surface area contributed by atoms with Gasteiger partial charge in [0.05, 0.1) is 18.3 Å². The van der Waals surface area contributed by atoms with Gasteiger partial charge in [0.15, 0.2) is 0 Å². The molecule has 7 heteroatoms. The van der Waals surface area contributed by atoms with Gasteiger partial charge in [0.25, 0.3) is 5.91 Å². The molecule has 3 amide bonds. The molecule has 1 aromatic heterocycles. The molecule has 0 radical (unpaired) electrons. The van der Waals surface area contributed by atoms with Crippen molar-refractivity contribution in [2.45, 2.75) is 31.0 Å². The number of hydrogen-bond acceptors (Lipinski definition) is 4. The number of hydrogen-bond donors (Lipinski definition) is 2. The number of benzene rings is 2. The van der Waals surface area contributed by atoms with E-state index in [1.54, 1.807) is 23.2 Å². The van der Waals surface area contributed by atoms with Crippen molar-refractivity contribution in [3.8, 4) is 0 Å². The number of nitrogens with zero attached hydrogens (tertiary/aromatic N) is 2. The SMILES string of the molecule is O=C(CNC(=O)C1c2ccccc2C(=O)N1C1CC1)NC(c1ccccc1)c1ccccn1. The van der Waals surface area contributed by atoms with Crippen LogP contribution in [-0.4, -0.2) is 40.2 Å². The molecule has 166 valence electrons. The average molecular weight is 441 g/mol. The first kappa shape index (κ1) is 20.9. The molecule has 1 aliphatic carbocycles. The minimum Gasteiger partial charge on any atom is -0.345 e. The summed E-state index contributed by atoms with van der Waals surface area (Å²) in [5, 5.41) is 5.71. The molecule has 0 saturated heterocycles. The number of amides is 3. The number of pyridine rings is 1. The lowest BCUT2D eigenvalue weighted by Crippen LogP contribution is -2.44. The van der Waals surface area contributed by atoms with Crippen molar-refractivity contribution in [1.29, 1.82) is 0 Å². The van der Waals surface area contributed by atoms with E-state index in [0.717, 1.165) is 18.4 Å². The first-order valence-electron chi connectivity index (χ1n) is 11.1. The molecule has 5 rings (SSSR count). The summed E-state index contributed by atoms with van der Waals surface area (Å²) in [5.74, 6) is -0.792. The molecule has 1 saturated carbocycles. The van der Waals surface area contributed by atoms with Gasteiger partial charge in [0.1, 0.15) is 6.04 Å². The van der Waals surface area contributed by atoms with Crippen LogP contribution in [0.1, 0.15) is 52.1 Å². The summed E-state index contributed by atoms with van der Waals surface area (Å²) in [6, 6.07) is 21.2. The molecule has 7 nitrogen and oxygen atoms in total. The van der Waals surface area contributed by atoms with Gasteiger partial charge in [0, 0.05) is 17.8 Å². The monoisotopic (exact) mass is 440 g/mol. The molecule has 33 heavy (non-hydrogen) atoms. The fraction of sp³-hybridized carbons (Fsp3) is 0.231. The largest absolute Gasteiger partial charge is 0.345 e. The van der Waals surface area contributed by atoms with Crippen LogP contribution >= 0.6 is 0 Å². The third kappa shape index (κ3) is 4.22. The topological polar surface area (TPSA) is 91.4 Å². The lowest BCUT2D eigenvalue weighted by atomic mass is 10.0. The highest BCUT2D eigenvalue weighted by Gasteiger charge is 2.47. The zero-order valence-electron chi connectivity index (χ0n) is 18.0. The van der Waals surface area contributed by atoms with E-state index >= 15 is 0 Å². The minimum atomic E-state index is -0.699. The number of rotatable bonds is 7. The minimum absolute atomic E-state index is 0.0843. The Hall–Kier alpha value is -4.00. The van der Waals surface area contributed by atoms with E-state index in [1.807, 2.05) is 60.7 Å². The van der Waals surface area contributed by atoms with Crippen LogP contribution in [0.25, 0.3) is 0 Å². The highest BCUT2D eigenvalue weighted by atomic mass is 16.2. The van der Waals surface area contributed by atoms with Gasteiger partial charge in [-0.2, -0.15) is 0 Å². The second-order valence-electron chi connectivity index (χ2n) is 8.32. The molecular formula is C26H24N4O3. The fourth-order valence-corrected chi connectivity index (χ4v) is 4.33. The molecule has 1 fully saturated rings. The molecule has 0 spiro atoms. The summed E-state index contributed by atoms with van der Waals surface area (Å²) in [6.07, 6.45) is 3.47. The third-order valence-electron chi connectivity index (χ3n) is 6.03. The zero-order valence-corrected chi connectivity index (χ0v) is 18.0. The van der Waals surface area contributed by atoms with Crippen molar-refractivity contribution < 1.29 is 14.4 Å². The standard InChI is InChI=1S/C26H24N4O3/c31-22(29-23(17-8-2-1-3-9-17)21-12-6-7-15-27-21)16-28-25(32)24-19-10-4-5-11-20(19)26(33)30(24)18-13-14-18/h1-12,15,18,23-24H,13-14,16H2,(H,28,32)(H,29,31). The number of carbonyl (C=O) groups is 3. The maximum absolute atomic E-state index is 13.1. The van der Waals surface area contributed by atoms with Crippen LogP contribution in [0, 0.1) is 0 Å². The van der Waals surface area contributed by atoms with Gasteiger partial charge in [-0.15, -0.1) is 0 Å². The zero-order chi connectivity index (χ0) is 22.8. The van der Waals surface area contributed by atoms with Crippen molar-refractivity contribution in [2.75, 3.05) is 6.54 Å². The number of aromatic nitrogens is 1. The highest BCUT2D eigenvalue weighted by Crippen LogP contribution is 2.41. The van der Waals surface area contributed by atoms with Crippen LogP contribution in [0.5, 0.6) is 0 Å². The van der Waals surface area contributed by atoms with Crippen LogP contribution in [0.4, 0.5) is 0 Å². The predicted octanol–water partition coefficient (Wildman–Crippen LogP) is 2.76. The van der Waals surface area contributed by atoms with Gasteiger partial charge in [-0.05, 0) is 42.2 Å². The molecular weight excluding hydrogens is 416 g/mol. The molecule has 2 unspecified atom stereocenters. The molecule has 0 bridgehead atoms. The number of fused-ring (bicyclic) bond motifs is 1. The molecule has 2 aromatic carbocycles.